The molecule has 0 fully saturated rings. The first kappa shape index (κ1) is 15.6. The highest BCUT2D eigenvalue weighted by atomic mass is 35.5. The number of hydrogen-bond donors (Lipinski definition) is 1. The van der Waals surface area contributed by atoms with Crippen LogP contribution in [0, 0.1) is 23.3 Å². The molecule has 0 aliphatic heterocycles. The maximum Gasteiger partial charge on any atom is 0.203 e. The monoisotopic (exact) mass is 319 g/mol. The van der Waals surface area contributed by atoms with E-state index < -0.39 is 29.0 Å². The smallest absolute Gasteiger partial charge is 0.203 e. The molecule has 2 aromatic carbocycles. The molecule has 2 N–H and O–H groups in total. The lowest BCUT2D eigenvalue weighted by atomic mass is 10.1. The summed E-state index contributed by atoms with van der Waals surface area (Å²) in [5.41, 5.74) is 6.60. The number of halogens is 5. The number of benzene rings is 2. The molecule has 7 heteroatoms. The fourth-order valence-corrected chi connectivity index (χ4v) is 1.92. The molecular formula is C14H10ClF4NO. The average Bonchev–Trinajstić information content (AvgIpc) is 2.46. The van der Waals surface area contributed by atoms with Crippen LogP contribution < -0.4 is 10.5 Å². The second-order valence-electron chi connectivity index (χ2n) is 4.22. The zero-order valence-corrected chi connectivity index (χ0v) is 11.4. The van der Waals surface area contributed by atoms with E-state index in [2.05, 4.69) is 0 Å². The Labute approximate surface area is 123 Å². The summed E-state index contributed by atoms with van der Waals surface area (Å²) in [6.07, 6.45) is 0. The van der Waals surface area contributed by atoms with Crippen LogP contribution in [0.2, 0.25) is 5.02 Å². The summed E-state index contributed by atoms with van der Waals surface area (Å²) in [5, 5.41) is 0.274. The lowest BCUT2D eigenvalue weighted by molar-refractivity contribution is 0.261. The molecule has 2 aromatic rings. The summed E-state index contributed by atoms with van der Waals surface area (Å²) in [4.78, 5) is 0. The molecule has 112 valence electrons. The van der Waals surface area contributed by atoms with E-state index in [4.69, 9.17) is 22.1 Å². The van der Waals surface area contributed by atoms with Crippen molar-refractivity contribution < 1.29 is 22.3 Å². The van der Waals surface area contributed by atoms with Gasteiger partial charge in [0.15, 0.2) is 17.4 Å². The Morgan fingerprint density at radius 1 is 1.00 bits per heavy atom. The maximum atomic E-state index is 13.4. The molecule has 21 heavy (non-hydrogen) atoms. The van der Waals surface area contributed by atoms with Crippen molar-refractivity contribution in [3.63, 3.8) is 0 Å². The van der Waals surface area contributed by atoms with Gasteiger partial charge in [-0.1, -0.05) is 23.7 Å². The van der Waals surface area contributed by atoms with Gasteiger partial charge in [-0.3, -0.25) is 0 Å². The Balaban J connectivity index is 2.25. The van der Waals surface area contributed by atoms with E-state index in [0.717, 1.165) is 5.56 Å². The first-order valence-corrected chi connectivity index (χ1v) is 6.25. The van der Waals surface area contributed by atoms with Crippen LogP contribution in [0.25, 0.3) is 0 Å². The van der Waals surface area contributed by atoms with E-state index in [-0.39, 0.29) is 24.2 Å². The van der Waals surface area contributed by atoms with Gasteiger partial charge in [-0.05, 0) is 11.6 Å². The van der Waals surface area contributed by atoms with Crippen LogP contribution in [0.4, 0.5) is 17.6 Å². The summed E-state index contributed by atoms with van der Waals surface area (Å²) in [5.74, 6) is -7.37. The number of hydrogen-bond acceptors (Lipinski definition) is 2. The van der Waals surface area contributed by atoms with Crippen molar-refractivity contribution in [3.05, 3.63) is 63.7 Å². The van der Waals surface area contributed by atoms with Crippen molar-refractivity contribution in [2.75, 3.05) is 0 Å². The Kier molecular flexibility index (Phi) is 4.69. The fraction of sp³-hybridized carbons (Fsp3) is 0.143. The van der Waals surface area contributed by atoms with Gasteiger partial charge in [-0.2, -0.15) is 8.78 Å². The molecule has 0 spiro atoms. The van der Waals surface area contributed by atoms with Gasteiger partial charge in [-0.25, -0.2) is 8.78 Å². The molecular weight excluding hydrogens is 310 g/mol. The molecule has 0 amide bonds. The zero-order valence-electron chi connectivity index (χ0n) is 10.6. The quantitative estimate of drug-likeness (QED) is 0.684. The van der Waals surface area contributed by atoms with Gasteiger partial charge in [-0.15, -0.1) is 0 Å². The summed E-state index contributed by atoms with van der Waals surface area (Å²) in [6, 6.07) is 4.89. The highest BCUT2D eigenvalue weighted by Crippen LogP contribution is 2.28. The van der Waals surface area contributed by atoms with E-state index in [1.54, 1.807) is 18.2 Å². The molecule has 0 bridgehead atoms. The molecule has 0 aliphatic rings. The third-order valence-corrected chi connectivity index (χ3v) is 3.15. The molecule has 0 radical (unpaired) electrons. The minimum atomic E-state index is -1.59. The van der Waals surface area contributed by atoms with Crippen molar-refractivity contribution in [2.45, 2.75) is 13.2 Å². The molecule has 0 unspecified atom stereocenters. The normalized spacial score (nSPS) is 10.8. The number of nitrogens with two attached hydrogens (primary N) is 1. The van der Waals surface area contributed by atoms with Crippen molar-refractivity contribution >= 4 is 11.6 Å². The van der Waals surface area contributed by atoms with Crippen LogP contribution >= 0.6 is 11.6 Å². The van der Waals surface area contributed by atoms with Gasteiger partial charge >= 0.3 is 0 Å². The van der Waals surface area contributed by atoms with Crippen molar-refractivity contribution in [1.29, 1.82) is 0 Å². The van der Waals surface area contributed by atoms with Gasteiger partial charge in [0.25, 0.3) is 0 Å². The van der Waals surface area contributed by atoms with Gasteiger partial charge in [0.1, 0.15) is 6.61 Å². The predicted molar refractivity (Wildman–Crippen MR) is 69.9 cm³/mol. The van der Waals surface area contributed by atoms with E-state index >= 15 is 0 Å². The molecule has 0 heterocycles. The average molecular weight is 320 g/mol. The molecule has 0 aliphatic carbocycles. The molecule has 0 atom stereocenters. The summed E-state index contributed by atoms with van der Waals surface area (Å²) in [7, 11) is 0. The second-order valence-corrected chi connectivity index (χ2v) is 4.62. The van der Waals surface area contributed by atoms with Crippen molar-refractivity contribution in [1.82, 2.24) is 0 Å². The fourth-order valence-electron chi connectivity index (χ4n) is 1.66. The van der Waals surface area contributed by atoms with E-state index in [9.17, 15) is 17.6 Å². The SMILES string of the molecule is NCc1ccc(COc2c(F)c(F)cc(F)c2F)c(Cl)c1. The van der Waals surface area contributed by atoms with Crippen molar-refractivity contribution in [2.24, 2.45) is 5.73 Å². The highest BCUT2D eigenvalue weighted by molar-refractivity contribution is 6.31. The first-order chi connectivity index (χ1) is 9.93. The Morgan fingerprint density at radius 2 is 1.62 bits per heavy atom. The molecule has 0 saturated heterocycles. The number of rotatable bonds is 4. The largest absolute Gasteiger partial charge is 0.483 e. The Morgan fingerprint density at radius 3 is 2.14 bits per heavy atom. The van der Waals surface area contributed by atoms with Crippen molar-refractivity contribution in [3.8, 4) is 5.75 Å². The van der Waals surface area contributed by atoms with Crippen LogP contribution in [0.15, 0.2) is 24.3 Å². The van der Waals surface area contributed by atoms with E-state index in [0.29, 0.717) is 5.56 Å². The van der Waals surface area contributed by atoms with Crippen LogP contribution in [-0.4, -0.2) is 0 Å². The lowest BCUT2D eigenvalue weighted by Crippen LogP contribution is -2.05. The minimum absolute atomic E-state index is 0.112. The molecule has 0 aromatic heterocycles. The Bertz CT molecular complexity index is 652. The van der Waals surface area contributed by atoms with E-state index in [1.807, 2.05) is 0 Å². The third-order valence-electron chi connectivity index (χ3n) is 2.80. The highest BCUT2D eigenvalue weighted by Gasteiger charge is 2.20. The standard InChI is InChI=1S/C14H10ClF4NO/c15-9-3-7(5-20)1-2-8(9)6-21-14-12(18)10(16)4-11(17)13(14)19/h1-4H,5-6,20H2. The maximum absolute atomic E-state index is 13.4. The van der Waals surface area contributed by atoms with Gasteiger partial charge in [0, 0.05) is 23.2 Å². The van der Waals surface area contributed by atoms with Gasteiger partial charge in [0.2, 0.25) is 11.6 Å². The minimum Gasteiger partial charge on any atom is -0.483 e. The number of ether oxygens (including phenoxy) is 1. The third kappa shape index (κ3) is 3.28. The summed E-state index contributed by atoms with van der Waals surface area (Å²) < 4.78 is 57.7. The van der Waals surface area contributed by atoms with Crippen LogP contribution in [0.5, 0.6) is 5.75 Å². The van der Waals surface area contributed by atoms with Gasteiger partial charge in [0.05, 0.1) is 0 Å². The Hall–Kier alpha value is -1.79. The van der Waals surface area contributed by atoms with Crippen LogP contribution in [0.1, 0.15) is 11.1 Å². The van der Waals surface area contributed by atoms with Crippen LogP contribution in [-0.2, 0) is 13.2 Å². The zero-order chi connectivity index (χ0) is 15.6. The lowest BCUT2D eigenvalue weighted by Gasteiger charge is -2.11. The first-order valence-electron chi connectivity index (χ1n) is 5.87. The second kappa shape index (κ2) is 6.32. The topological polar surface area (TPSA) is 35.2 Å². The van der Waals surface area contributed by atoms with Gasteiger partial charge < -0.3 is 10.5 Å². The summed E-state index contributed by atoms with van der Waals surface area (Å²) >= 11 is 5.95. The molecule has 2 rings (SSSR count). The van der Waals surface area contributed by atoms with Crippen LogP contribution in [0.3, 0.4) is 0 Å². The van der Waals surface area contributed by atoms with E-state index in [1.165, 1.54) is 0 Å². The summed E-state index contributed by atoms with van der Waals surface area (Å²) in [6.45, 7) is -0.0698. The molecule has 0 saturated carbocycles. The molecule has 2 nitrogen and oxygen atoms in total. The predicted octanol–water partition coefficient (Wildman–Crippen LogP) is 3.93.